The lowest BCUT2D eigenvalue weighted by molar-refractivity contribution is -0.384. The van der Waals surface area contributed by atoms with E-state index in [9.17, 15) is 19.7 Å². The molecule has 0 atom stereocenters. The van der Waals surface area contributed by atoms with E-state index in [4.69, 9.17) is 0 Å². The number of benzene rings is 2. The molecule has 0 saturated carbocycles. The Balaban J connectivity index is 2.11. The first-order valence-electron chi connectivity index (χ1n) is 8.92. The number of hydrogen-bond donors (Lipinski definition) is 1. The summed E-state index contributed by atoms with van der Waals surface area (Å²) in [5.41, 5.74) is 3.54. The molecule has 1 aliphatic rings. The van der Waals surface area contributed by atoms with Gasteiger partial charge in [-0.25, -0.2) is 0 Å². The molecule has 28 heavy (non-hydrogen) atoms. The molecule has 0 radical (unpaired) electrons. The van der Waals surface area contributed by atoms with Crippen molar-refractivity contribution in [2.24, 2.45) is 0 Å². The molecule has 1 N–H and O–H groups in total. The summed E-state index contributed by atoms with van der Waals surface area (Å²) in [6, 6.07) is 11.1. The number of nitro benzene ring substituents is 1. The number of nitro groups is 1. The largest absolute Gasteiger partial charge is 0.350 e. The van der Waals surface area contributed by atoms with E-state index in [1.54, 1.807) is 13.8 Å². The van der Waals surface area contributed by atoms with E-state index in [0.29, 0.717) is 5.56 Å². The maximum Gasteiger partial charge on any atom is 0.278 e. The molecule has 2 aromatic carbocycles. The molecule has 0 fully saturated rings. The average molecular weight is 379 g/mol. The Morgan fingerprint density at radius 1 is 1.00 bits per heavy atom. The highest BCUT2D eigenvalue weighted by Crippen LogP contribution is 2.33. The maximum atomic E-state index is 13.0. The summed E-state index contributed by atoms with van der Waals surface area (Å²) in [6.45, 7) is 7.43. The van der Waals surface area contributed by atoms with Crippen molar-refractivity contribution >= 4 is 28.8 Å². The van der Waals surface area contributed by atoms with Crippen molar-refractivity contribution in [1.82, 2.24) is 4.90 Å². The van der Waals surface area contributed by atoms with E-state index in [1.165, 1.54) is 29.2 Å². The lowest BCUT2D eigenvalue weighted by Gasteiger charge is -2.19. The molecule has 0 spiro atoms. The van der Waals surface area contributed by atoms with Crippen molar-refractivity contribution in [3.63, 3.8) is 0 Å². The number of aryl methyl sites for hydroxylation is 2. The van der Waals surface area contributed by atoms with Gasteiger partial charge in [-0.2, -0.15) is 0 Å². The molecule has 2 amide bonds. The zero-order chi connectivity index (χ0) is 20.6. The minimum atomic E-state index is -0.505. The van der Waals surface area contributed by atoms with E-state index >= 15 is 0 Å². The third-order valence-electron chi connectivity index (χ3n) is 4.64. The van der Waals surface area contributed by atoms with Crippen molar-refractivity contribution in [1.29, 1.82) is 0 Å². The van der Waals surface area contributed by atoms with Crippen molar-refractivity contribution in [2.45, 2.75) is 33.7 Å². The first kappa shape index (κ1) is 19.3. The molecule has 1 aliphatic heterocycles. The van der Waals surface area contributed by atoms with Crippen molar-refractivity contribution < 1.29 is 14.5 Å². The van der Waals surface area contributed by atoms with Gasteiger partial charge in [-0.05, 0) is 57.0 Å². The summed E-state index contributed by atoms with van der Waals surface area (Å²) in [5, 5.41) is 14.0. The van der Waals surface area contributed by atoms with Gasteiger partial charge in [0.1, 0.15) is 5.70 Å². The van der Waals surface area contributed by atoms with Crippen LogP contribution in [0.3, 0.4) is 0 Å². The number of carbonyl (C=O) groups is 2. The Labute approximate surface area is 162 Å². The highest BCUT2D eigenvalue weighted by molar-refractivity contribution is 6.36. The Morgan fingerprint density at radius 2 is 1.64 bits per heavy atom. The Bertz CT molecular complexity index is 1010. The average Bonchev–Trinajstić information content (AvgIpc) is 2.87. The van der Waals surface area contributed by atoms with Crippen LogP contribution in [0.25, 0.3) is 5.57 Å². The van der Waals surface area contributed by atoms with Crippen molar-refractivity contribution in [3.8, 4) is 0 Å². The monoisotopic (exact) mass is 379 g/mol. The van der Waals surface area contributed by atoms with Crippen LogP contribution in [0.2, 0.25) is 0 Å². The Morgan fingerprint density at radius 3 is 2.18 bits per heavy atom. The SMILES string of the molecule is Cc1ccc(NC2=C(c3ccc([N+](=O)[O-])cc3)C(=O)N(C(C)C)C2=O)c(C)c1. The van der Waals surface area contributed by atoms with E-state index in [1.807, 2.05) is 32.0 Å². The number of anilines is 1. The third kappa shape index (κ3) is 3.38. The van der Waals surface area contributed by atoms with Crippen LogP contribution in [-0.4, -0.2) is 27.7 Å². The van der Waals surface area contributed by atoms with Gasteiger partial charge >= 0.3 is 0 Å². The fourth-order valence-corrected chi connectivity index (χ4v) is 3.24. The number of rotatable bonds is 5. The molecule has 7 nitrogen and oxygen atoms in total. The highest BCUT2D eigenvalue weighted by Gasteiger charge is 2.40. The fraction of sp³-hybridized carbons (Fsp3) is 0.238. The maximum absolute atomic E-state index is 13.0. The lowest BCUT2D eigenvalue weighted by Crippen LogP contribution is -2.38. The van der Waals surface area contributed by atoms with Crippen LogP contribution in [0.5, 0.6) is 0 Å². The van der Waals surface area contributed by atoms with Crippen molar-refractivity contribution in [3.05, 3.63) is 75.0 Å². The second-order valence-corrected chi connectivity index (χ2v) is 7.07. The topological polar surface area (TPSA) is 92.6 Å². The smallest absolute Gasteiger partial charge is 0.278 e. The molecule has 3 rings (SSSR count). The molecule has 0 bridgehead atoms. The summed E-state index contributed by atoms with van der Waals surface area (Å²) in [4.78, 5) is 37.6. The van der Waals surface area contributed by atoms with Crippen LogP contribution in [-0.2, 0) is 9.59 Å². The summed E-state index contributed by atoms with van der Waals surface area (Å²) in [7, 11) is 0. The fourth-order valence-electron chi connectivity index (χ4n) is 3.24. The van der Waals surface area contributed by atoms with E-state index in [2.05, 4.69) is 5.32 Å². The van der Waals surface area contributed by atoms with E-state index in [0.717, 1.165) is 16.8 Å². The van der Waals surface area contributed by atoms with Crippen LogP contribution in [0.15, 0.2) is 48.2 Å². The molecule has 144 valence electrons. The molecule has 0 saturated heterocycles. The normalized spacial score (nSPS) is 14.2. The molecule has 0 aromatic heterocycles. The van der Waals surface area contributed by atoms with Crippen LogP contribution in [0.1, 0.15) is 30.5 Å². The van der Waals surface area contributed by atoms with Gasteiger partial charge in [0.15, 0.2) is 0 Å². The molecule has 0 unspecified atom stereocenters. The number of carbonyl (C=O) groups excluding carboxylic acids is 2. The molecular formula is C21H21N3O4. The van der Waals surface area contributed by atoms with Crippen LogP contribution < -0.4 is 5.32 Å². The second-order valence-electron chi connectivity index (χ2n) is 7.07. The summed E-state index contributed by atoms with van der Waals surface area (Å²) in [5.74, 6) is -0.825. The van der Waals surface area contributed by atoms with Crippen molar-refractivity contribution in [2.75, 3.05) is 5.32 Å². The Kier molecular flexibility index (Phi) is 5.00. The summed E-state index contributed by atoms with van der Waals surface area (Å²) < 4.78 is 0. The minimum Gasteiger partial charge on any atom is -0.350 e. The Hall–Kier alpha value is -3.48. The van der Waals surface area contributed by atoms with E-state index < -0.39 is 16.7 Å². The molecular weight excluding hydrogens is 358 g/mol. The summed E-state index contributed by atoms with van der Waals surface area (Å²) >= 11 is 0. The predicted molar refractivity (Wildman–Crippen MR) is 107 cm³/mol. The number of hydrogen-bond acceptors (Lipinski definition) is 5. The quantitative estimate of drug-likeness (QED) is 0.484. The van der Waals surface area contributed by atoms with Gasteiger partial charge in [-0.1, -0.05) is 17.7 Å². The minimum absolute atomic E-state index is 0.0780. The zero-order valence-corrected chi connectivity index (χ0v) is 16.1. The van der Waals surface area contributed by atoms with Gasteiger partial charge in [0, 0.05) is 23.9 Å². The van der Waals surface area contributed by atoms with E-state index in [-0.39, 0.29) is 23.0 Å². The molecule has 7 heteroatoms. The van der Waals surface area contributed by atoms with Gasteiger partial charge in [0.25, 0.3) is 17.5 Å². The number of amides is 2. The molecule has 2 aromatic rings. The van der Waals surface area contributed by atoms with Gasteiger partial charge in [0.05, 0.1) is 10.5 Å². The molecule has 1 heterocycles. The van der Waals surface area contributed by atoms with Gasteiger partial charge in [-0.3, -0.25) is 24.6 Å². The van der Waals surface area contributed by atoms with Gasteiger partial charge in [0.2, 0.25) is 0 Å². The third-order valence-corrected chi connectivity index (χ3v) is 4.64. The first-order valence-corrected chi connectivity index (χ1v) is 8.92. The number of nitrogens with zero attached hydrogens (tertiary/aromatic N) is 2. The zero-order valence-electron chi connectivity index (χ0n) is 16.1. The van der Waals surface area contributed by atoms with Gasteiger partial charge < -0.3 is 5.32 Å². The summed E-state index contributed by atoms with van der Waals surface area (Å²) in [6.07, 6.45) is 0. The second kappa shape index (κ2) is 7.26. The molecule has 0 aliphatic carbocycles. The predicted octanol–water partition coefficient (Wildman–Crippen LogP) is 3.81. The lowest BCUT2D eigenvalue weighted by atomic mass is 10.0. The van der Waals surface area contributed by atoms with Crippen LogP contribution in [0, 0.1) is 24.0 Å². The standard InChI is InChI=1S/C21H21N3O4/c1-12(2)23-20(25)18(15-6-8-16(9-7-15)24(27)28)19(21(23)26)22-17-10-5-13(3)11-14(17)4/h5-12,22H,1-4H3. The number of imide groups is 1. The van der Waals surface area contributed by atoms with Crippen LogP contribution >= 0.6 is 0 Å². The van der Waals surface area contributed by atoms with Gasteiger partial charge in [-0.15, -0.1) is 0 Å². The number of nitrogens with one attached hydrogen (secondary N) is 1. The first-order chi connectivity index (χ1) is 13.2. The van der Waals surface area contributed by atoms with Crippen LogP contribution in [0.4, 0.5) is 11.4 Å². The highest BCUT2D eigenvalue weighted by atomic mass is 16.6. The number of non-ortho nitro benzene ring substituents is 1.